The van der Waals surface area contributed by atoms with E-state index in [1.54, 1.807) is 30.3 Å². The summed E-state index contributed by atoms with van der Waals surface area (Å²) < 4.78 is 27.8. The number of hydrogen-bond donors (Lipinski definition) is 2. The fourth-order valence-electron chi connectivity index (χ4n) is 2.06. The van der Waals surface area contributed by atoms with Gasteiger partial charge in [-0.15, -0.1) is 0 Å². The zero-order chi connectivity index (χ0) is 15.7. The van der Waals surface area contributed by atoms with E-state index < -0.39 is 15.6 Å². The number of nitrogens with two attached hydrogens (primary N) is 1. The molecule has 0 aliphatic rings. The van der Waals surface area contributed by atoms with Crippen molar-refractivity contribution in [2.75, 3.05) is 5.73 Å². The Balaban J connectivity index is 2.43. The Bertz CT molecular complexity index is 753. The number of pyridine rings is 1. The number of anilines is 1. The number of sulfonamides is 1. The monoisotopic (exact) mass is 307 g/mol. The minimum atomic E-state index is -3.55. The van der Waals surface area contributed by atoms with E-state index in [-0.39, 0.29) is 4.90 Å². The largest absolute Gasteiger partial charge is 0.384 e. The highest BCUT2D eigenvalue weighted by atomic mass is 32.2. The third kappa shape index (κ3) is 3.33. The van der Waals surface area contributed by atoms with Crippen LogP contribution in [0.25, 0.3) is 10.9 Å². The number of aromatic nitrogens is 1. The van der Waals surface area contributed by atoms with Crippen LogP contribution in [0.4, 0.5) is 5.82 Å². The lowest BCUT2D eigenvalue weighted by molar-refractivity contribution is 0.389. The molecule has 0 spiro atoms. The Hall–Kier alpha value is -1.66. The summed E-state index contributed by atoms with van der Waals surface area (Å²) in [6, 6.07) is 8.29. The minimum Gasteiger partial charge on any atom is -0.384 e. The molecule has 2 rings (SSSR count). The molecule has 1 aromatic carbocycles. The summed E-state index contributed by atoms with van der Waals surface area (Å²) in [4.78, 5) is 4.41. The van der Waals surface area contributed by atoms with Gasteiger partial charge in [0.25, 0.3) is 0 Å². The topological polar surface area (TPSA) is 85.1 Å². The van der Waals surface area contributed by atoms with Crippen LogP contribution < -0.4 is 10.5 Å². The van der Waals surface area contributed by atoms with Gasteiger partial charge in [-0.05, 0) is 50.1 Å². The minimum absolute atomic E-state index is 0.245. The van der Waals surface area contributed by atoms with Crippen LogP contribution in [0, 0.1) is 0 Å². The van der Waals surface area contributed by atoms with E-state index in [4.69, 9.17) is 5.73 Å². The Morgan fingerprint density at radius 2 is 1.86 bits per heavy atom. The van der Waals surface area contributed by atoms with Gasteiger partial charge < -0.3 is 5.73 Å². The van der Waals surface area contributed by atoms with Crippen molar-refractivity contribution in [2.45, 2.75) is 44.0 Å². The molecular weight excluding hydrogens is 286 g/mol. The van der Waals surface area contributed by atoms with Crippen LogP contribution in [-0.2, 0) is 10.0 Å². The predicted octanol–water partition coefficient (Wildman–Crippen LogP) is 2.67. The number of nitrogens with zero attached hydrogens (tertiary/aromatic N) is 1. The average molecular weight is 307 g/mol. The van der Waals surface area contributed by atoms with Gasteiger partial charge in [0.1, 0.15) is 5.82 Å². The van der Waals surface area contributed by atoms with E-state index >= 15 is 0 Å². The number of nitrogens with one attached hydrogen (secondary N) is 1. The zero-order valence-corrected chi connectivity index (χ0v) is 13.4. The second kappa shape index (κ2) is 5.61. The molecule has 0 saturated carbocycles. The molecule has 0 aliphatic heterocycles. The first kappa shape index (κ1) is 15.7. The van der Waals surface area contributed by atoms with E-state index in [1.807, 2.05) is 20.8 Å². The van der Waals surface area contributed by atoms with Crippen molar-refractivity contribution < 1.29 is 8.42 Å². The highest BCUT2D eigenvalue weighted by Crippen LogP contribution is 2.22. The van der Waals surface area contributed by atoms with Crippen LogP contribution in [0.5, 0.6) is 0 Å². The maximum Gasteiger partial charge on any atom is 0.241 e. The Morgan fingerprint density at radius 1 is 1.19 bits per heavy atom. The molecule has 2 aromatic rings. The van der Waals surface area contributed by atoms with Crippen molar-refractivity contribution in [3.05, 3.63) is 30.3 Å². The van der Waals surface area contributed by atoms with Crippen LogP contribution in [0.3, 0.4) is 0 Å². The van der Waals surface area contributed by atoms with Gasteiger partial charge in [0.15, 0.2) is 0 Å². The molecule has 0 atom stereocenters. The molecule has 3 N–H and O–H groups in total. The molecule has 0 bridgehead atoms. The van der Waals surface area contributed by atoms with Crippen LogP contribution >= 0.6 is 0 Å². The Labute approximate surface area is 125 Å². The fraction of sp³-hybridized carbons (Fsp3) is 0.400. The summed E-state index contributed by atoms with van der Waals surface area (Å²) in [6.07, 6.45) is 1.46. The van der Waals surface area contributed by atoms with Crippen LogP contribution in [0.1, 0.15) is 33.6 Å². The molecule has 5 nitrogen and oxygen atoms in total. The second-order valence-corrected chi connectivity index (χ2v) is 7.15. The second-order valence-electron chi connectivity index (χ2n) is 5.46. The van der Waals surface area contributed by atoms with Crippen molar-refractivity contribution in [1.29, 1.82) is 0 Å². The average Bonchev–Trinajstić information content (AvgIpc) is 2.46. The zero-order valence-electron chi connectivity index (χ0n) is 12.6. The van der Waals surface area contributed by atoms with Gasteiger partial charge >= 0.3 is 0 Å². The Morgan fingerprint density at radius 3 is 2.48 bits per heavy atom. The molecule has 0 radical (unpaired) electrons. The molecular formula is C15H21N3O2S. The molecule has 1 heterocycles. The van der Waals surface area contributed by atoms with Crippen molar-refractivity contribution in [1.82, 2.24) is 9.71 Å². The van der Waals surface area contributed by atoms with Gasteiger partial charge in [0.2, 0.25) is 10.0 Å². The standard InChI is InChI=1S/C15H21N3O2S/c1-4-15(3,5-2)18-21(19,20)12-7-8-13-11(10-12)6-9-14(16)17-13/h6-10,18H,4-5H2,1-3H3,(H2,16,17). The summed E-state index contributed by atoms with van der Waals surface area (Å²) in [5.41, 5.74) is 5.87. The highest BCUT2D eigenvalue weighted by Gasteiger charge is 2.27. The van der Waals surface area contributed by atoms with E-state index in [0.29, 0.717) is 11.3 Å². The number of benzene rings is 1. The van der Waals surface area contributed by atoms with Crippen molar-refractivity contribution in [3.63, 3.8) is 0 Å². The van der Waals surface area contributed by atoms with Gasteiger partial charge in [-0.3, -0.25) is 0 Å². The lowest BCUT2D eigenvalue weighted by Crippen LogP contribution is -2.44. The first-order valence-corrected chi connectivity index (χ1v) is 8.48. The van der Waals surface area contributed by atoms with Crippen LogP contribution in [-0.4, -0.2) is 18.9 Å². The third-order valence-electron chi connectivity index (χ3n) is 3.93. The predicted molar refractivity (Wildman–Crippen MR) is 85.5 cm³/mol. The molecule has 0 saturated heterocycles. The SMILES string of the molecule is CCC(C)(CC)NS(=O)(=O)c1ccc2nc(N)ccc2c1. The molecule has 6 heteroatoms. The molecule has 1 aromatic heterocycles. The quantitative estimate of drug-likeness (QED) is 0.889. The van der Waals surface area contributed by atoms with Crippen LogP contribution in [0.15, 0.2) is 35.2 Å². The normalized spacial score (nSPS) is 12.7. The number of fused-ring (bicyclic) bond motifs is 1. The van der Waals surface area contributed by atoms with Crippen LogP contribution in [0.2, 0.25) is 0 Å². The summed E-state index contributed by atoms with van der Waals surface area (Å²) in [5, 5.41) is 0.752. The van der Waals surface area contributed by atoms with E-state index in [0.717, 1.165) is 18.2 Å². The van der Waals surface area contributed by atoms with Gasteiger partial charge in [-0.25, -0.2) is 18.1 Å². The van der Waals surface area contributed by atoms with Crippen molar-refractivity contribution >= 4 is 26.7 Å². The summed E-state index contributed by atoms with van der Waals surface area (Å²) >= 11 is 0. The lowest BCUT2D eigenvalue weighted by Gasteiger charge is -2.27. The first-order valence-electron chi connectivity index (χ1n) is 7.00. The van der Waals surface area contributed by atoms with E-state index in [9.17, 15) is 8.42 Å². The third-order valence-corrected chi connectivity index (χ3v) is 5.57. The number of rotatable bonds is 5. The maximum atomic E-state index is 12.5. The molecule has 21 heavy (non-hydrogen) atoms. The van der Waals surface area contributed by atoms with Crippen molar-refractivity contribution in [3.8, 4) is 0 Å². The van der Waals surface area contributed by atoms with Gasteiger partial charge in [0.05, 0.1) is 10.4 Å². The molecule has 0 amide bonds. The van der Waals surface area contributed by atoms with Gasteiger partial charge in [0, 0.05) is 10.9 Å². The Kier molecular flexibility index (Phi) is 4.20. The maximum absolute atomic E-state index is 12.5. The first-order chi connectivity index (χ1) is 9.79. The fourth-order valence-corrected chi connectivity index (χ4v) is 3.65. The number of hydrogen-bond acceptors (Lipinski definition) is 4. The van der Waals surface area contributed by atoms with Gasteiger partial charge in [-0.2, -0.15) is 0 Å². The summed E-state index contributed by atoms with van der Waals surface area (Å²) in [6.45, 7) is 5.85. The van der Waals surface area contributed by atoms with Gasteiger partial charge in [-0.1, -0.05) is 13.8 Å². The van der Waals surface area contributed by atoms with Crippen molar-refractivity contribution in [2.24, 2.45) is 0 Å². The lowest BCUT2D eigenvalue weighted by atomic mass is 9.98. The molecule has 0 unspecified atom stereocenters. The molecule has 114 valence electrons. The summed E-state index contributed by atoms with van der Waals surface area (Å²) in [7, 11) is -3.55. The smallest absolute Gasteiger partial charge is 0.241 e. The summed E-state index contributed by atoms with van der Waals surface area (Å²) in [5.74, 6) is 0.417. The van der Waals surface area contributed by atoms with E-state index in [2.05, 4.69) is 9.71 Å². The molecule has 0 fully saturated rings. The highest BCUT2D eigenvalue weighted by molar-refractivity contribution is 7.89. The van der Waals surface area contributed by atoms with E-state index in [1.165, 1.54) is 0 Å². The molecule has 0 aliphatic carbocycles. The number of nitrogen functional groups attached to an aromatic ring is 1.